The van der Waals surface area contributed by atoms with Gasteiger partial charge in [0.15, 0.2) is 11.5 Å². The van der Waals surface area contributed by atoms with Crippen molar-refractivity contribution >= 4 is 10.1 Å². The molecule has 0 aromatic heterocycles. The predicted octanol–water partition coefficient (Wildman–Crippen LogP) is 4.39. The van der Waals surface area contributed by atoms with E-state index >= 15 is 0 Å². The Hall–Kier alpha value is -1.44. The Balaban J connectivity index is 3.31. The van der Waals surface area contributed by atoms with Crippen LogP contribution in [0.2, 0.25) is 0 Å². The van der Waals surface area contributed by atoms with Gasteiger partial charge in [0.1, 0.15) is 0 Å². The van der Waals surface area contributed by atoms with E-state index in [1.54, 1.807) is 6.07 Å². The second-order valence-corrected chi connectivity index (χ2v) is 7.61. The van der Waals surface area contributed by atoms with E-state index in [0.717, 1.165) is 12.5 Å². The van der Waals surface area contributed by atoms with Crippen LogP contribution in [0.5, 0.6) is 11.5 Å². The highest BCUT2D eigenvalue weighted by atomic mass is 32.2. The molecule has 0 aliphatic carbocycles. The summed E-state index contributed by atoms with van der Waals surface area (Å²) in [6.07, 6.45) is 1.51. The van der Waals surface area contributed by atoms with Crippen LogP contribution in [0.3, 0.4) is 0 Å². The molecular weight excluding hydrogens is 333 g/mol. The van der Waals surface area contributed by atoms with E-state index in [1.165, 1.54) is 6.07 Å². The molecule has 0 aliphatic heterocycles. The Morgan fingerprint density at radius 3 is 2.22 bits per heavy atom. The number of hydrogen-bond acceptors (Lipinski definition) is 4. The van der Waals surface area contributed by atoms with Gasteiger partial charge in [0.05, 0.1) is 6.61 Å². The van der Waals surface area contributed by atoms with Crippen LogP contribution in [-0.4, -0.2) is 20.5 Å². The summed E-state index contributed by atoms with van der Waals surface area (Å²) in [6, 6.07) is 4.27. The summed E-state index contributed by atoms with van der Waals surface area (Å²) in [6.45, 7) is 7.72. The standard InChI is InChI=1S/C15H21F3O4S/c1-5-6-10-21-13-11(14(2,3)4)8-7-9-12(13)22-23(19,20)15(16,17)18/h7-9H,5-6,10H2,1-4H3. The largest absolute Gasteiger partial charge is 0.534 e. The van der Waals surface area contributed by atoms with Crippen molar-refractivity contribution < 1.29 is 30.5 Å². The van der Waals surface area contributed by atoms with Crippen LogP contribution >= 0.6 is 0 Å². The third-order valence-electron chi connectivity index (χ3n) is 3.01. The molecule has 8 heteroatoms. The molecule has 0 aliphatic rings. The summed E-state index contributed by atoms with van der Waals surface area (Å²) in [4.78, 5) is 0. The first-order chi connectivity index (χ1) is 10.4. The van der Waals surface area contributed by atoms with Crippen molar-refractivity contribution in [1.82, 2.24) is 0 Å². The fourth-order valence-corrected chi connectivity index (χ4v) is 2.27. The van der Waals surface area contributed by atoms with E-state index in [-0.39, 0.29) is 12.4 Å². The smallest absolute Gasteiger partial charge is 0.489 e. The molecule has 0 fully saturated rings. The average molecular weight is 354 g/mol. The number of rotatable bonds is 6. The van der Waals surface area contributed by atoms with Crippen molar-refractivity contribution in [2.45, 2.75) is 51.5 Å². The van der Waals surface area contributed by atoms with Crippen LogP contribution in [0.15, 0.2) is 18.2 Å². The highest BCUT2D eigenvalue weighted by molar-refractivity contribution is 7.88. The number of benzene rings is 1. The zero-order chi connectivity index (χ0) is 17.9. The molecule has 132 valence electrons. The van der Waals surface area contributed by atoms with Gasteiger partial charge < -0.3 is 8.92 Å². The van der Waals surface area contributed by atoms with Gasteiger partial charge in [-0.15, -0.1) is 0 Å². The fourth-order valence-electron chi connectivity index (χ4n) is 1.80. The lowest BCUT2D eigenvalue weighted by atomic mass is 9.86. The lowest BCUT2D eigenvalue weighted by Crippen LogP contribution is -2.28. The van der Waals surface area contributed by atoms with Crippen molar-refractivity contribution in [2.24, 2.45) is 0 Å². The van der Waals surface area contributed by atoms with Crippen molar-refractivity contribution in [3.63, 3.8) is 0 Å². The van der Waals surface area contributed by atoms with E-state index in [0.29, 0.717) is 12.0 Å². The molecule has 0 heterocycles. The number of para-hydroxylation sites is 1. The van der Waals surface area contributed by atoms with Gasteiger partial charge in [-0.2, -0.15) is 21.6 Å². The lowest BCUT2D eigenvalue weighted by molar-refractivity contribution is -0.0500. The second-order valence-electron chi connectivity index (χ2n) is 6.07. The molecule has 23 heavy (non-hydrogen) atoms. The molecule has 0 amide bonds. The van der Waals surface area contributed by atoms with E-state index in [2.05, 4.69) is 4.18 Å². The number of halogens is 3. The highest BCUT2D eigenvalue weighted by Gasteiger charge is 2.49. The molecule has 0 bridgehead atoms. The Kier molecular flexibility index (Phi) is 5.95. The summed E-state index contributed by atoms with van der Waals surface area (Å²) in [5, 5.41) is 0. The molecule has 1 aromatic carbocycles. The maximum atomic E-state index is 12.5. The minimum Gasteiger partial charge on any atom is -0.489 e. The maximum Gasteiger partial charge on any atom is 0.534 e. The van der Waals surface area contributed by atoms with Gasteiger partial charge in [0, 0.05) is 5.56 Å². The van der Waals surface area contributed by atoms with Gasteiger partial charge >= 0.3 is 15.6 Å². The summed E-state index contributed by atoms with van der Waals surface area (Å²) in [5.74, 6) is -0.424. The molecule has 0 spiro atoms. The summed E-state index contributed by atoms with van der Waals surface area (Å²) in [7, 11) is -5.75. The van der Waals surface area contributed by atoms with Crippen LogP contribution in [0.1, 0.15) is 46.1 Å². The van der Waals surface area contributed by atoms with Crippen LogP contribution in [0, 0.1) is 0 Å². The number of unbranched alkanes of at least 4 members (excludes halogenated alkanes) is 1. The normalized spacial score (nSPS) is 13.0. The number of alkyl halides is 3. The monoisotopic (exact) mass is 354 g/mol. The van der Waals surface area contributed by atoms with Crippen molar-refractivity contribution in [1.29, 1.82) is 0 Å². The topological polar surface area (TPSA) is 52.6 Å². The maximum absolute atomic E-state index is 12.5. The summed E-state index contributed by atoms with van der Waals surface area (Å²) >= 11 is 0. The Labute approximate surface area is 134 Å². The molecule has 1 aromatic rings. The SMILES string of the molecule is CCCCOc1c(OS(=O)(=O)C(F)(F)F)cccc1C(C)(C)C. The van der Waals surface area contributed by atoms with Gasteiger partial charge in [0.25, 0.3) is 0 Å². The van der Waals surface area contributed by atoms with E-state index in [9.17, 15) is 21.6 Å². The van der Waals surface area contributed by atoms with Crippen molar-refractivity contribution in [3.8, 4) is 11.5 Å². The molecule has 0 radical (unpaired) electrons. The van der Waals surface area contributed by atoms with Crippen LogP contribution in [0.4, 0.5) is 13.2 Å². The van der Waals surface area contributed by atoms with Gasteiger partial charge in [-0.3, -0.25) is 0 Å². The van der Waals surface area contributed by atoms with Gasteiger partial charge in [0.2, 0.25) is 0 Å². The predicted molar refractivity (Wildman–Crippen MR) is 81.1 cm³/mol. The molecule has 0 unspecified atom stereocenters. The molecule has 0 saturated heterocycles. The fraction of sp³-hybridized carbons (Fsp3) is 0.600. The van der Waals surface area contributed by atoms with Crippen molar-refractivity contribution in [3.05, 3.63) is 23.8 Å². The molecule has 0 atom stereocenters. The minimum absolute atomic E-state index is 0.0290. The second kappa shape index (κ2) is 6.98. The summed E-state index contributed by atoms with van der Waals surface area (Å²) in [5.41, 5.74) is -5.38. The highest BCUT2D eigenvalue weighted by Crippen LogP contribution is 2.40. The Bertz CT molecular complexity index is 631. The number of hydrogen-bond donors (Lipinski definition) is 0. The minimum atomic E-state index is -5.75. The van der Waals surface area contributed by atoms with Gasteiger partial charge in [-0.1, -0.05) is 46.2 Å². The molecule has 1 rings (SSSR count). The van der Waals surface area contributed by atoms with Crippen molar-refractivity contribution in [2.75, 3.05) is 6.61 Å². The zero-order valence-corrected chi connectivity index (χ0v) is 14.3. The molecule has 0 saturated carbocycles. The average Bonchev–Trinajstić information content (AvgIpc) is 2.37. The van der Waals surface area contributed by atoms with Gasteiger partial charge in [-0.05, 0) is 17.9 Å². The van der Waals surface area contributed by atoms with Crippen LogP contribution < -0.4 is 8.92 Å². The number of ether oxygens (including phenoxy) is 1. The first kappa shape index (κ1) is 19.6. The molecule has 4 nitrogen and oxygen atoms in total. The first-order valence-corrected chi connectivity index (χ1v) is 8.58. The first-order valence-electron chi connectivity index (χ1n) is 7.17. The van der Waals surface area contributed by atoms with E-state index in [4.69, 9.17) is 4.74 Å². The molecule has 0 N–H and O–H groups in total. The Morgan fingerprint density at radius 2 is 1.74 bits per heavy atom. The zero-order valence-electron chi connectivity index (χ0n) is 13.5. The van der Waals surface area contributed by atoms with Gasteiger partial charge in [-0.25, -0.2) is 0 Å². The van der Waals surface area contributed by atoms with E-state index in [1.807, 2.05) is 27.7 Å². The quantitative estimate of drug-likeness (QED) is 0.432. The summed E-state index contributed by atoms with van der Waals surface area (Å²) < 4.78 is 70.0. The third-order valence-corrected chi connectivity index (χ3v) is 3.98. The third kappa shape index (κ3) is 5.02. The lowest BCUT2D eigenvalue weighted by Gasteiger charge is -2.24. The Morgan fingerprint density at radius 1 is 1.13 bits per heavy atom. The molecular formula is C15H21F3O4S. The van der Waals surface area contributed by atoms with Crippen LogP contribution in [0.25, 0.3) is 0 Å². The van der Waals surface area contributed by atoms with Crippen LogP contribution in [-0.2, 0) is 15.5 Å². The van der Waals surface area contributed by atoms with E-state index < -0.39 is 26.8 Å².